The van der Waals surface area contributed by atoms with Crippen molar-refractivity contribution in [1.82, 2.24) is 9.91 Å². The number of hydrogen-bond acceptors (Lipinski definition) is 4. The predicted octanol–water partition coefficient (Wildman–Crippen LogP) is 4.90. The summed E-state index contributed by atoms with van der Waals surface area (Å²) in [5, 5.41) is 7.09. The van der Waals surface area contributed by atoms with Crippen LogP contribution in [0.2, 0.25) is 5.02 Å². The standard InChI is InChI=1S/C24H28ClN3O2/c1-17-9-7-8-14-27(17)16-24(29)28-22(18-10-3-5-12-20(18)25)15-21(26-28)19-11-4-6-13-23(19)30-2/h3-6,10-13,17,22H,7-9,14-16H2,1-2H3. The molecule has 1 amide bonds. The fraction of sp³-hybridized carbons (Fsp3) is 0.417. The molecule has 0 spiro atoms. The molecule has 158 valence electrons. The average molecular weight is 426 g/mol. The maximum atomic E-state index is 13.4. The fourth-order valence-electron chi connectivity index (χ4n) is 4.41. The van der Waals surface area contributed by atoms with Crippen molar-refractivity contribution in [2.45, 2.75) is 44.7 Å². The first-order valence-corrected chi connectivity index (χ1v) is 11.0. The van der Waals surface area contributed by atoms with Gasteiger partial charge in [-0.3, -0.25) is 9.69 Å². The molecule has 4 rings (SSSR count). The molecule has 30 heavy (non-hydrogen) atoms. The van der Waals surface area contributed by atoms with E-state index in [0.29, 0.717) is 24.0 Å². The molecule has 0 radical (unpaired) electrons. The number of likely N-dealkylation sites (tertiary alicyclic amines) is 1. The Bertz CT molecular complexity index is 946. The second-order valence-corrected chi connectivity index (χ2v) is 8.45. The lowest BCUT2D eigenvalue weighted by Gasteiger charge is -2.34. The quantitative estimate of drug-likeness (QED) is 0.684. The number of nitrogens with zero attached hydrogens (tertiary/aromatic N) is 3. The number of halogens is 1. The van der Waals surface area contributed by atoms with Crippen molar-refractivity contribution in [2.75, 3.05) is 20.2 Å². The summed E-state index contributed by atoms with van der Waals surface area (Å²) in [6.45, 7) is 3.54. The Balaban J connectivity index is 1.66. The number of para-hydroxylation sites is 1. The van der Waals surface area contributed by atoms with Gasteiger partial charge in [0.15, 0.2) is 0 Å². The number of amides is 1. The van der Waals surface area contributed by atoms with Crippen LogP contribution in [0.5, 0.6) is 5.75 Å². The van der Waals surface area contributed by atoms with Crippen molar-refractivity contribution in [2.24, 2.45) is 5.10 Å². The number of piperidine rings is 1. The van der Waals surface area contributed by atoms with Crippen molar-refractivity contribution in [3.8, 4) is 5.75 Å². The number of carbonyl (C=O) groups excluding carboxylic acids is 1. The zero-order valence-electron chi connectivity index (χ0n) is 17.6. The zero-order valence-corrected chi connectivity index (χ0v) is 18.3. The van der Waals surface area contributed by atoms with E-state index in [1.165, 1.54) is 6.42 Å². The summed E-state index contributed by atoms with van der Waals surface area (Å²) in [4.78, 5) is 15.7. The van der Waals surface area contributed by atoms with Gasteiger partial charge in [-0.15, -0.1) is 0 Å². The van der Waals surface area contributed by atoms with Gasteiger partial charge >= 0.3 is 0 Å². The smallest absolute Gasteiger partial charge is 0.257 e. The van der Waals surface area contributed by atoms with E-state index >= 15 is 0 Å². The number of hydrogen-bond donors (Lipinski definition) is 0. The molecule has 0 bridgehead atoms. The van der Waals surface area contributed by atoms with Gasteiger partial charge in [-0.1, -0.05) is 48.4 Å². The third-order valence-electron chi connectivity index (χ3n) is 6.13. The van der Waals surface area contributed by atoms with Gasteiger partial charge in [0, 0.05) is 23.0 Å². The van der Waals surface area contributed by atoms with Crippen molar-refractivity contribution in [3.05, 3.63) is 64.7 Å². The van der Waals surface area contributed by atoms with Gasteiger partial charge in [0.1, 0.15) is 5.75 Å². The van der Waals surface area contributed by atoms with E-state index in [1.807, 2.05) is 48.5 Å². The molecule has 5 nitrogen and oxygen atoms in total. The molecule has 2 aliphatic heterocycles. The van der Waals surface area contributed by atoms with Crippen LogP contribution in [-0.4, -0.2) is 47.8 Å². The molecule has 2 atom stereocenters. The molecule has 2 heterocycles. The van der Waals surface area contributed by atoms with Gasteiger partial charge in [0.05, 0.1) is 25.4 Å². The minimum atomic E-state index is -0.216. The Hall–Kier alpha value is -2.37. The lowest BCUT2D eigenvalue weighted by atomic mass is 9.97. The van der Waals surface area contributed by atoms with Crippen LogP contribution in [0, 0.1) is 0 Å². The van der Waals surface area contributed by atoms with E-state index in [9.17, 15) is 4.79 Å². The molecule has 0 aliphatic carbocycles. The van der Waals surface area contributed by atoms with Gasteiger partial charge in [-0.05, 0) is 50.1 Å². The number of hydrazone groups is 1. The van der Waals surface area contributed by atoms with Crippen molar-refractivity contribution < 1.29 is 9.53 Å². The van der Waals surface area contributed by atoms with Gasteiger partial charge in [-0.25, -0.2) is 5.01 Å². The number of carbonyl (C=O) groups is 1. The van der Waals surface area contributed by atoms with Gasteiger partial charge in [0.2, 0.25) is 0 Å². The normalized spacial score (nSPS) is 22.1. The molecular formula is C24H28ClN3O2. The minimum Gasteiger partial charge on any atom is -0.496 e. The summed E-state index contributed by atoms with van der Waals surface area (Å²) < 4.78 is 5.54. The maximum Gasteiger partial charge on any atom is 0.257 e. The van der Waals surface area contributed by atoms with Crippen LogP contribution in [0.1, 0.15) is 49.8 Å². The van der Waals surface area contributed by atoms with Crippen LogP contribution in [0.4, 0.5) is 0 Å². The lowest BCUT2D eigenvalue weighted by molar-refractivity contribution is -0.135. The van der Waals surface area contributed by atoms with Crippen LogP contribution in [-0.2, 0) is 4.79 Å². The molecule has 2 aromatic carbocycles. The monoisotopic (exact) mass is 425 g/mol. The number of methoxy groups -OCH3 is 1. The summed E-state index contributed by atoms with van der Waals surface area (Å²) in [6, 6.07) is 15.7. The second-order valence-electron chi connectivity index (χ2n) is 8.04. The molecule has 2 aliphatic rings. The highest BCUT2D eigenvalue weighted by molar-refractivity contribution is 6.31. The van der Waals surface area contributed by atoms with Crippen LogP contribution >= 0.6 is 11.6 Å². The van der Waals surface area contributed by atoms with E-state index in [0.717, 1.165) is 42.0 Å². The number of ether oxygens (including phenoxy) is 1. The van der Waals surface area contributed by atoms with Crippen molar-refractivity contribution in [3.63, 3.8) is 0 Å². The molecule has 2 aromatic rings. The fourth-order valence-corrected chi connectivity index (χ4v) is 4.67. The van der Waals surface area contributed by atoms with E-state index < -0.39 is 0 Å². The summed E-state index contributed by atoms with van der Waals surface area (Å²) in [6.07, 6.45) is 4.11. The first kappa shape index (κ1) is 20.9. The largest absolute Gasteiger partial charge is 0.496 e. The summed E-state index contributed by atoms with van der Waals surface area (Å²) in [7, 11) is 1.65. The van der Waals surface area contributed by atoms with Crippen LogP contribution in [0.3, 0.4) is 0 Å². The first-order valence-electron chi connectivity index (χ1n) is 10.6. The molecule has 0 saturated carbocycles. The minimum absolute atomic E-state index is 0.0126. The molecule has 0 aromatic heterocycles. The predicted molar refractivity (Wildman–Crippen MR) is 120 cm³/mol. The first-order chi connectivity index (χ1) is 14.6. The Morgan fingerprint density at radius 3 is 2.70 bits per heavy atom. The van der Waals surface area contributed by atoms with Crippen LogP contribution in [0.25, 0.3) is 0 Å². The Morgan fingerprint density at radius 2 is 1.93 bits per heavy atom. The highest BCUT2D eigenvalue weighted by Crippen LogP contribution is 2.38. The highest BCUT2D eigenvalue weighted by atomic mass is 35.5. The summed E-state index contributed by atoms with van der Waals surface area (Å²) in [5.74, 6) is 0.770. The van der Waals surface area contributed by atoms with Crippen molar-refractivity contribution >= 4 is 23.2 Å². The highest BCUT2D eigenvalue weighted by Gasteiger charge is 2.36. The molecule has 2 unspecified atom stereocenters. The summed E-state index contributed by atoms with van der Waals surface area (Å²) >= 11 is 6.52. The van der Waals surface area contributed by atoms with Gasteiger partial charge in [-0.2, -0.15) is 5.10 Å². The molecule has 1 fully saturated rings. The number of benzene rings is 2. The third-order valence-corrected chi connectivity index (χ3v) is 6.47. The van der Waals surface area contributed by atoms with Crippen LogP contribution in [0.15, 0.2) is 53.6 Å². The van der Waals surface area contributed by atoms with E-state index in [1.54, 1.807) is 12.1 Å². The lowest BCUT2D eigenvalue weighted by Crippen LogP contribution is -2.44. The second kappa shape index (κ2) is 9.19. The maximum absolute atomic E-state index is 13.4. The third kappa shape index (κ3) is 4.23. The molecule has 0 N–H and O–H groups in total. The number of rotatable bonds is 5. The Kier molecular flexibility index (Phi) is 6.40. The van der Waals surface area contributed by atoms with Crippen LogP contribution < -0.4 is 4.74 Å². The van der Waals surface area contributed by atoms with Gasteiger partial charge < -0.3 is 4.74 Å². The Labute approximate surface area is 183 Å². The zero-order chi connectivity index (χ0) is 21.1. The molecule has 6 heteroatoms. The average Bonchev–Trinajstić information content (AvgIpc) is 3.21. The SMILES string of the molecule is COc1ccccc1C1=NN(C(=O)CN2CCCCC2C)C(c2ccccc2Cl)C1. The van der Waals surface area contributed by atoms with E-state index in [4.69, 9.17) is 21.4 Å². The molecular weight excluding hydrogens is 398 g/mol. The van der Waals surface area contributed by atoms with Gasteiger partial charge in [0.25, 0.3) is 5.91 Å². The summed E-state index contributed by atoms with van der Waals surface area (Å²) in [5.41, 5.74) is 2.68. The topological polar surface area (TPSA) is 45.1 Å². The van der Waals surface area contributed by atoms with Crippen molar-refractivity contribution in [1.29, 1.82) is 0 Å². The van der Waals surface area contributed by atoms with E-state index in [2.05, 4.69) is 11.8 Å². The Morgan fingerprint density at radius 1 is 1.17 bits per heavy atom. The molecule has 1 saturated heterocycles. The van der Waals surface area contributed by atoms with E-state index in [-0.39, 0.29) is 11.9 Å².